The standard InChI is InChI=1S/C11H11ClFN/c1-6-3-4-9(13)10-8(5-12)7(2)14-11(6)10/h3-4,14H,5H2,1-2H3. The van der Waals surface area contributed by atoms with Crippen molar-refractivity contribution < 1.29 is 4.39 Å². The summed E-state index contributed by atoms with van der Waals surface area (Å²) in [6.45, 7) is 3.87. The van der Waals surface area contributed by atoms with E-state index >= 15 is 0 Å². The predicted molar refractivity (Wildman–Crippen MR) is 57.3 cm³/mol. The topological polar surface area (TPSA) is 15.8 Å². The van der Waals surface area contributed by atoms with Crippen molar-refractivity contribution >= 4 is 22.5 Å². The first kappa shape index (κ1) is 9.53. The summed E-state index contributed by atoms with van der Waals surface area (Å²) in [5.41, 5.74) is 3.71. The first-order chi connectivity index (χ1) is 6.65. The molecule has 1 aromatic carbocycles. The highest BCUT2D eigenvalue weighted by Gasteiger charge is 2.12. The zero-order valence-electron chi connectivity index (χ0n) is 8.12. The molecule has 1 aromatic heterocycles. The molecular formula is C11H11ClFN. The summed E-state index contributed by atoms with van der Waals surface area (Å²) in [6, 6.07) is 3.26. The van der Waals surface area contributed by atoms with Crippen molar-refractivity contribution in [1.29, 1.82) is 0 Å². The lowest BCUT2D eigenvalue weighted by atomic mass is 10.1. The molecule has 0 atom stereocenters. The van der Waals surface area contributed by atoms with E-state index in [9.17, 15) is 4.39 Å². The molecule has 0 spiro atoms. The Hall–Kier alpha value is -1.02. The number of hydrogen-bond acceptors (Lipinski definition) is 0. The second kappa shape index (κ2) is 3.28. The van der Waals surface area contributed by atoms with Gasteiger partial charge in [-0.25, -0.2) is 4.39 Å². The molecule has 0 bridgehead atoms. The van der Waals surface area contributed by atoms with Gasteiger partial charge in [0.1, 0.15) is 5.82 Å². The largest absolute Gasteiger partial charge is 0.358 e. The molecule has 0 amide bonds. The second-order valence-corrected chi connectivity index (χ2v) is 3.74. The third-order valence-corrected chi connectivity index (χ3v) is 2.83. The molecule has 0 radical (unpaired) electrons. The average molecular weight is 212 g/mol. The summed E-state index contributed by atoms with van der Waals surface area (Å²) < 4.78 is 13.5. The lowest BCUT2D eigenvalue weighted by molar-refractivity contribution is 0.639. The van der Waals surface area contributed by atoms with Gasteiger partial charge in [0.05, 0.1) is 5.52 Å². The van der Waals surface area contributed by atoms with Crippen LogP contribution in [0.5, 0.6) is 0 Å². The van der Waals surface area contributed by atoms with Crippen LogP contribution in [-0.4, -0.2) is 4.98 Å². The maximum absolute atomic E-state index is 13.5. The number of aromatic amines is 1. The molecule has 2 rings (SSSR count). The minimum Gasteiger partial charge on any atom is -0.358 e. The number of aromatic nitrogens is 1. The summed E-state index contributed by atoms with van der Waals surface area (Å²) in [6.07, 6.45) is 0. The Morgan fingerprint density at radius 2 is 2.07 bits per heavy atom. The molecule has 0 aliphatic rings. The zero-order chi connectivity index (χ0) is 10.3. The molecular weight excluding hydrogens is 201 g/mol. The average Bonchev–Trinajstić information content (AvgIpc) is 2.50. The van der Waals surface area contributed by atoms with Gasteiger partial charge in [-0.3, -0.25) is 0 Å². The summed E-state index contributed by atoms with van der Waals surface area (Å²) in [5, 5.41) is 0.637. The van der Waals surface area contributed by atoms with E-state index in [0.29, 0.717) is 11.3 Å². The van der Waals surface area contributed by atoms with E-state index in [-0.39, 0.29) is 5.82 Å². The number of rotatable bonds is 1. The lowest BCUT2D eigenvalue weighted by Crippen LogP contribution is -1.83. The second-order valence-electron chi connectivity index (χ2n) is 3.48. The molecule has 2 aromatic rings. The molecule has 0 saturated heterocycles. The Balaban J connectivity index is 2.93. The van der Waals surface area contributed by atoms with Gasteiger partial charge in [-0.2, -0.15) is 0 Å². The molecule has 0 fully saturated rings. The SMILES string of the molecule is Cc1[nH]c2c(C)ccc(F)c2c1CCl. The molecule has 14 heavy (non-hydrogen) atoms. The fraction of sp³-hybridized carbons (Fsp3) is 0.273. The van der Waals surface area contributed by atoms with Crippen LogP contribution in [0.2, 0.25) is 0 Å². The van der Waals surface area contributed by atoms with Gasteiger partial charge < -0.3 is 4.98 Å². The van der Waals surface area contributed by atoms with Crippen LogP contribution >= 0.6 is 11.6 Å². The number of aryl methyl sites for hydroxylation is 2. The normalized spacial score (nSPS) is 11.1. The van der Waals surface area contributed by atoms with E-state index in [1.165, 1.54) is 6.07 Å². The minimum absolute atomic E-state index is 0.203. The maximum Gasteiger partial charge on any atom is 0.132 e. The number of hydrogen-bond donors (Lipinski definition) is 1. The van der Waals surface area contributed by atoms with E-state index in [1.54, 1.807) is 6.07 Å². The van der Waals surface area contributed by atoms with Crippen molar-refractivity contribution in [3.05, 3.63) is 34.8 Å². The van der Waals surface area contributed by atoms with Crippen molar-refractivity contribution in [1.82, 2.24) is 4.98 Å². The highest BCUT2D eigenvalue weighted by Crippen LogP contribution is 2.28. The fourth-order valence-electron chi connectivity index (χ4n) is 1.76. The Kier molecular flexibility index (Phi) is 2.23. The molecule has 0 aliphatic heterocycles. The van der Waals surface area contributed by atoms with Gasteiger partial charge in [0, 0.05) is 17.0 Å². The minimum atomic E-state index is -0.203. The van der Waals surface area contributed by atoms with Gasteiger partial charge in [-0.05, 0) is 31.0 Å². The van der Waals surface area contributed by atoms with E-state index in [2.05, 4.69) is 4.98 Å². The number of halogens is 2. The van der Waals surface area contributed by atoms with Crippen molar-refractivity contribution in [3.63, 3.8) is 0 Å². The van der Waals surface area contributed by atoms with E-state index < -0.39 is 0 Å². The quantitative estimate of drug-likeness (QED) is 0.693. The van der Waals surface area contributed by atoms with Crippen LogP contribution in [-0.2, 0) is 5.88 Å². The van der Waals surface area contributed by atoms with Crippen LogP contribution in [0.3, 0.4) is 0 Å². The predicted octanol–water partition coefficient (Wildman–Crippen LogP) is 3.66. The third-order valence-electron chi connectivity index (χ3n) is 2.56. The maximum atomic E-state index is 13.5. The smallest absolute Gasteiger partial charge is 0.132 e. The Morgan fingerprint density at radius 3 is 2.71 bits per heavy atom. The number of alkyl halides is 1. The van der Waals surface area contributed by atoms with Crippen molar-refractivity contribution in [2.75, 3.05) is 0 Å². The van der Waals surface area contributed by atoms with Crippen LogP contribution in [0, 0.1) is 19.7 Å². The van der Waals surface area contributed by atoms with Gasteiger partial charge in [0.2, 0.25) is 0 Å². The Morgan fingerprint density at radius 1 is 1.36 bits per heavy atom. The highest BCUT2D eigenvalue weighted by molar-refractivity contribution is 6.18. The summed E-state index contributed by atoms with van der Waals surface area (Å²) in [7, 11) is 0. The van der Waals surface area contributed by atoms with Crippen LogP contribution in [0.15, 0.2) is 12.1 Å². The monoisotopic (exact) mass is 211 g/mol. The Labute approximate surface area is 86.9 Å². The van der Waals surface area contributed by atoms with Crippen molar-refractivity contribution in [2.45, 2.75) is 19.7 Å². The highest BCUT2D eigenvalue weighted by atomic mass is 35.5. The van der Waals surface area contributed by atoms with Crippen LogP contribution in [0.4, 0.5) is 4.39 Å². The summed E-state index contributed by atoms with van der Waals surface area (Å²) in [5.74, 6) is 0.136. The zero-order valence-corrected chi connectivity index (χ0v) is 8.87. The van der Waals surface area contributed by atoms with Gasteiger partial charge >= 0.3 is 0 Å². The first-order valence-corrected chi connectivity index (χ1v) is 5.01. The van der Waals surface area contributed by atoms with Crippen molar-refractivity contribution in [2.24, 2.45) is 0 Å². The van der Waals surface area contributed by atoms with E-state index in [0.717, 1.165) is 22.3 Å². The number of benzene rings is 1. The van der Waals surface area contributed by atoms with Gasteiger partial charge in [-0.1, -0.05) is 6.07 Å². The molecule has 1 heterocycles. The lowest BCUT2D eigenvalue weighted by Gasteiger charge is -1.98. The molecule has 1 nitrogen and oxygen atoms in total. The summed E-state index contributed by atoms with van der Waals surface area (Å²) >= 11 is 5.79. The molecule has 0 aliphatic carbocycles. The van der Waals surface area contributed by atoms with Crippen molar-refractivity contribution in [3.8, 4) is 0 Å². The first-order valence-electron chi connectivity index (χ1n) is 4.47. The fourth-order valence-corrected chi connectivity index (χ4v) is 2.09. The molecule has 0 saturated carbocycles. The van der Waals surface area contributed by atoms with Gasteiger partial charge in [0.15, 0.2) is 0 Å². The summed E-state index contributed by atoms with van der Waals surface area (Å²) in [4.78, 5) is 3.16. The Bertz CT molecular complexity index is 487. The number of H-pyrrole nitrogens is 1. The molecule has 0 unspecified atom stereocenters. The van der Waals surface area contributed by atoms with Crippen LogP contribution < -0.4 is 0 Å². The molecule has 74 valence electrons. The molecule has 1 N–H and O–H groups in total. The van der Waals surface area contributed by atoms with Crippen LogP contribution in [0.1, 0.15) is 16.8 Å². The number of nitrogens with one attached hydrogen (secondary N) is 1. The molecule has 3 heteroatoms. The van der Waals surface area contributed by atoms with E-state index in [4.69, 9.17) is 11.6 Å². The van der Waals surface area contributed by atoms with E-state index in [1.807, 2.05) is 13.8 Å². The number of fused-ring (bicyclic) bond motifs is 1. The van der Waals surface area contributed by atoms with Crippen LogP contribution in [0.25, 0.3) is 10.9 Å². The van der Waals surface area contributed by atoms with Gasteiger partial charge in [-0.15, -0.1) is 11.6 Å². The van der Waals surface area contributed by atoms with Gasteiger partial charge in [0.25, 0.3) is 0 Å². The third kappa shape index (κ3) is 1.22.